The molecule has 4 atom stereocenters. The van der Waals surface area contributed by atoms with E-state index in [2.05, 4.69) is 20.9 Å². The summed E-state index contributed by atoms with van der Waals surface area (Å²) in [5.41, 5.74) is 13.6. The first kappa shape index (κ1) is 25.8. The Kier molecular flexibility index (Phi) is 5.82. The minimum atomic E-state index is -2.62. The van der Waals surface area contributed by atoms with Gasteiger partial charge in [0.2, 0.25) is 23.3 Å². The Hall–Kier alpha value is -4.49. The number of rotatable bonds is 5. The third-order valence-corrected chi connectivity index (χ3v) is 8.37. The van der Waals surface area contributed by atoms with Crippen molar-refractivity contribution in [1.29, 1.82) is 0 Å². The number of nitrogens with zero attached hydrogens (tertiary/aromatic N) is 3. The molecule has 2 saturated heterocycles. The maximum absolute atomic E-state index is 13.5. The summed E-state index contributed by atoms with van der Waals surface area (Å²) in [6.45, 7) is 1.66. The van der Waals surface area contributed by atoms with Crippen LogP contribution in [0.5, 0.6) is 0 Å². The van der Waals surface area contributed by atoms with Gasteiger partial charge < -0.3 is 26.6 Å². The Morgan fingerprint density at radius 3 is 2.52 bits per heavy atom. The van der Waals surface area contributed by atoms with Gasteiger partial charge in [-0.15, -0.1) is 0 Å². The largest absolute Gasteiger partial charge is 0.370 e. The molecule has 0 aliphatic carbocycles. The van der Waals surface area contributed by atoms with Crippen molar-refractivity contribution >= 4 is 29.6 Å². The quantitative estimate of drug-likeness (QED) is 0.124. The molecule has 2 fully saturated rings. The van der Waals surface area contributed by atoms with E-state index in [-0.39, 0.29) is 49.7 Å². The third kappa shape index (κ3) is 3.65. The van der Waals surface area contributed by atoms with Gasteiger partial charge in [-0.1, -0.05) is 42.5 Å². The number of nitrogens with two attached hydrogens (primary N) is 2. The highest BCUT2D eigenvalue weighted by atomic mass is 16.5. The highest BCUT2D eigenvalue weighted by Crippen LogP contribution is 2.42. The number of carbonyl (C=O) groups excluding carboxylic acids is 3. The molecule has 13 heteroatoms. The van der Waals surface area contributed by atoms with Crippen LogP contribution in [0, 0.1) is 6.92 Å². The van der Waals surface area contributed by atoms with Crippen molar-refractivity contribution in [2.75, 3.05) is 13.1 Å². The van der Waals surface area contributed by atoms with Crippen LogP contribution in [0.25, 0.3) is 11.1 Å². The number of carbonyl (C=O) groups is 3. The van der Waals surface area contributed by atoms with Gasteiger partial charge in [0.05, 0.1) is 13.1 Å². The van der Waals surface area contributed by atoms with E-state index in [0.29, 0.717) is 5.56 Å². The first-order chi connectivity index (χ1) is 19.0. The molecule has 6 rings (SSSR count). The SMILES string of the molecule is Cc1c(C(=O)NC2C[N+]3=C(N)N[C@@H](CN4C(=O)CCC4=O)[C@@H]4N=C(N)N[C@@]43C2(O)O)cccc1-c1ccccc1. The predicted octanol–water partition coefficient (Wildman–Crippen LogP) is -2.11. The smallest absolute Gasteiger partial charge is 0.346 e. The molecule has 40 heavy (non-hydrogen) atoms. The number of guanidine groups is 2. The molecule has 4 aliphatic rings. The Morgan fingerprint density at radius 2 is 1.82 bits per heavy atom. The molecule has 4 aliphatic heterocycles. The summed E-state index contributed by atoms with van der Waals surface area (Å²) < 4.78 is 1.48. The molecule has 13 nitrogen and oxygen atoms in total. The second-order valence-electron chi connectivity index (χ2n) is 10.6. The van der Waals surface area contributed by atoms with E-state index in [4.69, 9.17) is 11.5 Å². The fraction of sp³-hybridized carbons (Fsp3) is 0.370. The van der Waals surface area contributed by atoms with Crippen molar-refractivity contribution in [3.05, 3.63) is 59.7 Å². The Bertz CT molecular complexity index is 1470. The van der Waals surface area contributed by atoms with E-state index in [1.54, 1.807) is 12.1 Å². The van der Waals surface area contributed by atoms with Crippen molar-refractivity contribution in [3.63, 3.8) is 0 Å². The lowest BCUT2D eigenvalue weighted by Crippen LogP contribution is -2.79. The van der Waals surface area contributed by atoms with E-state index in [0.717, 1.165) is 21.6 Å². The average molecular weight is 548 g/mol. The van der Waals surface area contributed by atoms with Crippen LogP contribution in [0.15, 0.2) is 53.5 Å². The Labute approximate surface area is 229 Å². The lowest BCUT2D eigenvalue weighted by Gasteiger charge is -2.44. The second-order valence-corrected chi connectivity index (χ2v) is 10.6. The fourth-order valence-corrected chi connectivity index (χ4v) is 6.38. The van der Waals surface area contributed by atoms with Crippen molar-refractivity contribution in [2.24, 2.45) is 16.5 Å². The molecule has 9 N–H and O–H groups in total. The predicted molar refractivity (Wildman–Crippen MR) is 144 cm³/mol. The summed E-state index contributed by atoms with van der Waals surface area (Å²) >= 11 is 0. The van der Waals surface area contributed by atoms with E-state index in [1.165, 1.54) is 4.58 Å². The Morgan fingerprint density at radius 1 is 1.12 bits per heavy atom. The zero-order valence-electron chi connectivity index (χ0n) is 21.8. The topological polar surface area (TPSA) is 198 Å². The molecule has 2 aromatic carbocycles. The summed E-state index contributed by atoms with van der Waals surface area (Å²) in [5, 5.41) is 32.1. The van der Waals surface area contributed by atoms with Gasteiger partial charge >= 0.3 is 5.96 Å². The van der Waals surface area contributed by atoms with Crippen LogP contribution in [0.4, 0.5) is 0 Å². The minimum Gasteiger partial charge on any atom is -0.370 e. The minimum absolute atomic E-state index is 0.0595. The molecule has 208 valence electrons. The van der Waals surface area contributed by atoms with Gasteiger partial charge in [0.15, 0.2) is 5.96 Å². The summed E-state index contributed by atoms with van der Waals surface area (Å²) in [6.07, 6.45) is 0.221. The molecular weight excluding hydrogens is 516 g/mol. The number of aliphatic hydroxyl groups is 2. The number of imide groups is 1. The second kappa shape index (κ2) is 9.03. The molecule has 0 saturated carbocycles. The van der Waals surface area contributed by atoms with Crippen LogP contribution in [0.2, 0.25) is 0 Å². The highest BCUT2D eigenvalue weighted by molar-refractivity contribution is 6.02. The number of amides is 3. The van der Waals surface area contributed by atoms with Crippen LogP contribution in [-0.2, 0) is 9.59 Å². The number of likely N-dealkylation sites (tertiary alicyclic amines) is 1. The summed E-state index contributed by atoms with van der Waals surface area (Å²) in [7, 11) is 0. The van der Waals surface area contributed by atoms with E-state index in [1.807, 2.05) is 43.3 Å². The molecule has 1 unspecified atom stereocenters. The van der Waals surface area contributed by atoms with Crippen molar-refractivity contribution in [3.8, 4) is 11.1 Å². The fourth-order valence-electron chi connectivity index (χ4n) is 6.38. The monoisotopic (exact) mass is 547 g/mol. The zero-order valence-corrected chi connectivity index (χ0v) is 21.8. The first-order valence-electron chi connectivity index (χ1n) is 13.1. The van der Waals surface area contributed by atoms with Gasteiger partial charge in [0.1, 0.15) is 18.1 Å². The van der Waals surface area contributed by atoms with Gasteiger partial charge in [-0.05, 0) is 29.7 Å². The molecule has 4 heterocycles. The first-order valence-corrected chi connectivity index (χ1v) is 13.1. The third-order valence-electron chi connectivity index (χ3n) is 8.37. The zero-order chi connectivity index (χ0) is 28.4. The van der Waals surface area contributed by atoms with Crippen molar-refractivity contribution in [1.82, 2.24) is 20.9 Å². The molecular formula is C27H31N8O5+. The number of benzene rings is 2. The van der Waals surface area contributed by atoms with Crippen LogP contribution in [0.1, 0.15) is 28.8 Å². The maximum atomic E-state index is 13.5. The lowest BCUT2D eigenvalue weighted by molar-refractivity contribution is -0.623. The van der Waals surface area contributed by atoms with E-state index < -0.39 is 35.5 Å². The normalized spacial score (nSPS) is 28.5. The summed E-state index contributed by atoms with van der Waals surface area (Å²) in [4.78, 5) is 43.7. The van der Waals surface area contributed by atoms with Crippen LogP contribution < -0.4 is 27.4 Å². The van der Waals surface area contributed by atoms with Gasteiger partial charge in [0.25, 0.3) is 5.91 Å². The van der Waals surface area contributed by atoms with Gasteiger partial charge in [-0.2, -0.15) is 0 Å². The van der Waals surface area contributed by atoms with Gasteiger partial charge in [-0.25, -0.2) is 9.57 Å². The summed E-state index contributed by atoms with van der Waals surface area (Å²) in [5.74, 6) is -3.77. The highest BCUT2D eigenvalue weighted by Gasteiger charge is 2.75. The number of nitrogens with one attached hydrogen (secondary N) is 3. The van der Waals surface area contributed by atoms with Crippen molar-refractivity contribution < 1.29 is 29.2 Å². The van der Waals surface area contributed by atoms with Crippen molar-refractivity contribution in [2.45, 2.75) is 49.3 Å². The maximum Gasteiger partial charge on any atom is 0.346 e. The Balaban J connectivity index is 1.31. The molecule has 3 amide bonds. The summed E-state index contributed by atoms with van der Waals surface area (Å²) in [6, 6.07) is 12.1. The van der Waals surface area contributed by atoms with Crippen LogP contribution in [0.3, 0.4) is 0 Å². The van der Waals surface area contributed by atoms with E-state index >= 15 is 0 Å². The van der Waals surface area contributed by atoms with E-state index in [9.17, 15) is 24.6 Å². The van der Waals surface area contributed by atoms with Gasteiger partial charge in [0, 0.05) is 18.4 Å². The number of hydrogen-bond acceptors (Lipinski definition) is 10. The number of hydrogen-bond donors (Lipinski definition) is 7. The molecule has 0 aromatic heterocycles. The molecule has 1 spiro atoms. The van der Waals surface area contributed by atoms with Gasteiger partial charge in [-0.3, -0.25) is 30.3 Å². The molecule has 0 bridgehead atoms. The molecule has 2 aromatic rings. The number of aliphatic imine (C=N–C) groups is 1. The molecule has 0 radical (unpaired) electrons. The average Bonchev–Trinajstić information content (AvgIpc) is 3.52. The van der Waals surface area contributed by atoms with Crippen LogP contribution in [-0.4, -0.2) is 92.0 Å². The lowest BCUT2D eigenvalue weighted by atomic mass is 9.85. The van der Waals surface area contributed by atoms with Crippen LogP contribution >= 0.6 is 0 Å². The standard InChI is InChI=1S/C27H30N8O5/c1-14-16(15-6-3-2-4-7-15)8-5-9-17(14)23(38)31-19-13-35-25(29)30-18(12-34-20(36)10-11-21(34)37)22-26(35,27(19,39)40)33-24(28)32-22/h2-9,18-19,22,39-40H,10-13H2,1H3,(H6,28,29,30,31,32,33,38)/p+1/t18-,19?,22-,26-/m0/s1.